The molecule has 0 N–H and O–H groups in total. The number of hydrogen-bond acceptors (Lipinski definition) is 4. The molecule has 1 radical (unpaired) electrons. The Hall–Kier alpha value is -5.99. The van der Waals surface area contributed by atoms with Crippen molar-refractivity contribution >= 4 is 50.8 Å². The van der Waals surface area contributed by atoms with Crippen LogP contribution in [-0.4, -0.2) is 32.8 Å². The molecule has 0 bridgehead atoms. The third kappa shape index (κ3) is 7.69. The van der Waals surface area contributed by atoms with Crippen molar-refractivity contribution in [2.75, 3.05) is 0 Å². The van der Waals surface area contributed by atoms with E-state index in [2.05, 4.69) is 98.5 Å². The Balaban J connectivity index is 0.000000233. The summed E-state index contributed by atoms with van der Waals surface area (Å²) in [7, 11) is 0. The van der Waals surface area contributed by atoms with E-state index in [0.717, 1.165) is 55.4 Å². The molecule has 4 aromatic heterocycles. The summed E-state index contributed by atoms with van der Waals surface area (Å²) in [5, 5.41) is 1.57. The van der Waals surface area contributed by atoms with Crippen molar-refractivity contribution in [3.05, 3.63) is 188 Å². The van der Waals surface area contributed by atoms with Gasteiger partial charge < -0.3 is 8.98 Å². The second-order valence-corrected chi connectivity index (χ2v) is 25.5. The molecule has 0 saturated carbocycles. The molecule has 0 saturated heterocycles. The van der Waals surface area contributed by atoms with Crippen LogP contribution in [-0.2, 0) is 20.1 Å². The average molecular weight is 994 g/mol. The number of rotatable bonds is 6. The Kier molecular flexibility index (Phi) is 11.0. The SMILES string of the molecule is Fc1nc2oc3c(-c4nc5ccccc5n4-c4ccc(-c5ccccc5)cc4)[c-]ccc3c2cc1-c1ccccc1.[CH3][Ge]([CH3])([CH3])[c]1ccc(-c2[c-]cccc2)nc1.[Ir]. The maximum Gasteiger partial charge on any atom is 0 e. The molecular weight excluding hydrogens is 956 g/mol. The summed E-state index contributed by atoms with van der Waals surface area (Å²) in [5.74, 6) is 7.26. The van der Waals surface area contributed by atoms with Crippen LogP contribution in [0, 0.1) is 18.1 Å². The third-order valence-electron chi connectivity index (χ3n) is 10.1. The van der Waals surface area contributed by atoms with Crippen molar-refractivity contribution in [3.8, 4) is 50.6 Å². The van der Waals surface area contributed by atoms with Gasteiger partial charge >= 0.3 is 99.8 Å². The van der Waals surface area contributed by atoms with Crippen molar-refractivity contribution in [3.63, 3.8) is 0 Å². The molecule has 10 rings (SSSR count). The van der Waals surface area contributed by atoms with Gasteiger partial charge in [-0.05, 0) is 47.0 Å². The predicted octanol–water partition coefficient (Wildman–Crippen LogP) is 12.4. The normalized spacial score (nSPS) is 11.3. The van der Waals surface area contributed by atoms with E-state index in [1.54, 1.807) is 0 Å². The Morgan fingerprint density at radius 3 is 2.02 bits per heavy atom. The Morgan fingerprint density at radius 1 is 0.638 bits per heavy atom. The van der Waals surface area contributed by atoms with Crippen LogP contribution in [0.5, 0.6) is 0 Å². The molecule has 8 heteroatoms. The first-order valence-electron chi connectivity index (χ1n) is 18.9. The third-order valence-corrected chi connectivity index (χ3v) is 14.4. The second kappa shape index (κ2) is 16.5. The fraction of sp³-hybridized carbons (Fsp3) is 0.0600. The van der Waals surface area contributed by atoms with Gasteiger partial charge in [-0.1, -0.05) is 95.9 Å². The Bertz CT molecular complexity index is 2980. The topological polar surface area (TPSA) is 56.7 Å². The number of benzene rings is 6. The Labute approximate surface area is 353 Å². The summed E-state index contributed by atoms with van der Waals surface area (Å²) < 4.78 is 24.9. The zero-order valence-electron chi connectivity index (χ0n) is 32.1. The van der Waals surface area contributed by atoms with E-state index in [1.165, 1.54) is 4.40 Å². The van der Waals surface area contributed by atoms with Gasteiger partial charge in [0.05, 0.1) is 22.4 Å². The summed E-state index contributed by atoms with van der Waals surface area (Å²) in [6.45, 7) is 0. The number of para-hydroxylation sites is 2. The van der Waals surface area contributed by atoms with Crippen LogP contribution in [0.2, 0.25) is 17.3 Å². The minimum absolute atomic E-state index is 0. The van der Waals surface area contributed by atoms with E-state index in [-0.39, 0.29) is 25.8 Å². The van der Waals surface area contributed by atoms with Gasteiger partial charge in [-0.25, -0.2) is 0 Å². The van der Waals surface area contributed by atoms with E-state index in [9.17, 15) is 0 Å². The molecule has 58 heavy (non-hydrogen) atoms. The number of pyridine rings is 2. The first kappa shape index (κ1) is 38.9. The number of hydrogen-bond donors (Lipinski definition) is 0. The molecule has 10 aromatic rings. The predicted molar refractivity (Wildman–Crippen MR) is 233 cm³/mol. The van der Waals surface area contributed by atoms with Gasteiger partial charge in [0.25, 0.3) is 0 Å². The van der Waals surface area contributed by atoms with E-state index in [0.29, 0.717) is 22.5 Å². The number of imidazole rings is 1. The van der Waals surface area contributed by atoms with Crippen LogP contribution in [0.3, 0.4) is 0 Å². The quantitative estimate of drug-likeness (QED) is 0.0946. The second-order valence-electron chi connectivity index (χ2n) is 14.9. The van der Waals surface area contributed by atoms with Crippen LogP contribution in [0.15, 0.2) is 174 Å². The van der Waals surface area contributed by atoms with Gasteiger partial charge in [-0.2, -0.15) is 9.37 Å². The van der Waals surface area contributed by atoms with E-state index >= 15 is 4.39 Å². The van der Waals surface area contributed by atoms with Crippen LogP contribution in [0.25, 0.3) is 83.7 Å². The van der Waals surface area contributed by atoms with Crippen molar-refractivity contribution in [1.29, 1.82) is 0 Å². The van der Waals surface area contributed by atoms with E-state index in [4.69, 9.17) is 9.40 Å². The fourth-order valence-electron chi connectivity index (χ4n) is 7.07. The largest absolute Gasteiger partial charge is 0 e. The molecule has 0 amide bonds. The number of aromatic nitrogens is 4. The smallest absolute Gasteiger partial charge is 0 e. The van der Waals surface area contributed by atoms with Crippen molar-refractivity contribution in [2.45, 2.75) is 17.3 Å². The van der Waals surface area contributed by atoms with Gasteiger partial charge in [0.1, 0.15) is 0 Å². The van der Waals surface area contributed by atoms with Crippen LogP contribution in [0.1, 0.15) is 0 Å². The minimum Gasteiger partial charge on any atom is 0 e. The van der Waals surface area contributed by atoms with Crippen molar-refractivity contribution in [1.82, 2.24) is 19.5 Å². The molecular formula is C50H37FGeIrN4O-2. The molecule has 285 valence electrons. The first-order chi connectivity index (χ1) is 27.8. The zero-order valence-corrected chi connectivity index (χ0v) is 36.6. The van der Waals surface area contributed by atoms with Crippen LogP contribution in [0.4, 0.5) is 4.39 Å². The van der Waals surface area contributed by atoms with Gasteiger partial charge in [-0.3, -0.25) is 4.98 Å². The summed E-state index contributed by atoms with van der Waals surface area (Å²) in [4.78, 5) is 13.8. The van der Waals surface area contributed by atoms with Crippen molar-refractivity contribution in [2.24, 2.45) is 0 Å². The summed E-state index contributed by atoms with van der Waals surface area (Å²) in [6.07, 6.45) is 2.04. The number of nitrogens with zero attached hydrogens (tertiary/aromatic N) is 4. The fourth-order valence-corrected chi connectivity index (χ4v) is 9.24. The molecule has 0 fully saturated rings. The van der Waals surface area contributed by atoms with Gasteiger partial charge in [0.2, 0.25) is 11.7 Å². The molecule has 0 aliphatic heterocycles. The molecule has 0 aliphatic carbocycles. The molecule has 0 aliphatic rings. The number of halogens is 1. The van der Waals surface area contributed by atoms with Gasteiger partial charge in [0, 0.05) is 36.7 Å². The first-order valence-corrected chi connectivity index (χ1v) is 26.2. The van der Waals surface area contributed by atoms with Crippen molar-refractivity contribution < 1.29 is 28.9 Å². The van der Waals surface area contributed by atoms with Crippen LogP contribution >= 0.6 is 0 Å². The van der Waals surface area contributed by atoms with Crippen LogP contribution < -0.4 is 4.40 Å². The minimum atomic E-state index is -1.72. The summed E-state index contributed by atoms with van der Waals surface area (Å²) >= 11 is -1.72. The number of furan rings is 1. The maximum absolute atomic E-state index is 15.1. The summed E-state index contributed by atoms with van der Waals surface area (Å²) in [5.41, 5.74) is 9.84. The monoisotopic (exact) mass is 995 g/mol. The standard InChI is InChI=1S/C36H21FN3O.C14H16GeN.Ir/c37-34-29(25-12-5-2-6-13-25)22-30-27-14-9-15-28(33(27)41-36(30)39-34)35-38-31-16-7-8-17-32(31)40(35)26-20-18-24(19-21-26)23-10-3-1-4-11-23;1-15(2,3)13-9-10-14(16-11-13)12-7-5-4-6-8-12;/h1-14,16-22H;4-7,9-11H,1-3H3;/q2*-1;. The van der Waals surface area contributed by atoms with Gasteiger partial charge in [-0.15, -0.1) is 18.2 Å². The molecule has 4 heterocycles. The zero-order chi connectivity index (χ0) is 38.9. The molecule has 0 atom stereocenters. The molecule has 0 unspecified atom stereocenters. The van der Waals surface area contributed by atoms with E-state index < -0.39 is 19.2 Å². The molecule has 5 nitrogen and oxygen atoms in total. The Morgan fingerprint density at radius 2 is 1.33 bits per heavy atom. The van der Waals surface area contributed by atoms with Gasteiger partial charge in [0.15, 0.2) is 0 Å². The molecule has 0 spiro atoms. The molecule has 6 aromatic carbocycles. The maximum atomic E-state index is 15.1. The average Bonchev–Trinajstić information content (AvgIpc) is 3.82. The summed E-state index contributed by atoms with van der Waals surface area (Å²) in [6, 6.07) is 60.6. The van der Waals surface area contributed by atoms with E-state index in [1.807, 2.05) is 115 Å². The number of fused-ring (bicyclic) bond motifs is 4.